The van der Waals surface area contributed by atoms with Gasteiger partial charge in [0.2, 0.25) is 0 Å². The van der Waals surface area contributed by atoms with Crippen molar-refractivity contribution in [1.29, 1.82) is 0 Å². The van der Waals surface area contributed by atoms with E-state index in [-0.39, 0.29) is 11.4 Å². The lowest BCUT2D eigenvalue weighted by Gasteiger charge is -2.25. The Hall–Kier alpha value is -0.960. The maximum absolute atomic E-state index is 12.5. The molecule has 0 amide bonds. The van der Waals surface area contributed by atoms with E-state index in [9.17, 15) is 4.79 Å². The maximum Gasteiger partial charge on any atom is 0.316 e. The van der Waals surface area contributed by atoms with Gasteiger partial charge < -0.3 is 4.74 Å². The first-order valence-corrected chi connectivity index (χ1v) is 9.18. The molecule has 3 heteroatoms. The molecular formula is C18H24O2S. The summed E-state index contributed by atoms with van der Waals surface area (Å²) in [5.74, 6) is 1.17. The highest BCUT2D eigenvalue weighted by Gasteiger charge is 2.64. The Morgan fingerprint density at radius 1 is 1.19 bits per heavy atom. The SMILES string of the molecule is COC(=O)C1(c2ccc(SC)cc2)CC1C1CCCCC1. The van der Waals surface area contributed by atoms with Crippen LogP contribution in [0.1, 0.15) is 44.1 Å². The Balaban J connectivity index is 1.86. The number of benzene rings is 1. The van der Waals surface area contributed by atoms with Crippen molar-refractivity contribution in [2.75, 3.05) is 13.4 Å². The van der Waals surface area contributed by atoms with Crippen LogP contribution in [0.15, 0.2) is 29.2 Å². The van der Waals surface area contributed by atoms with Crippen LogP contribution >= 0.6 is 11.8 Å². The number of esters is 1. The minimum atomic E-state index is -0.353. The molecule has 2 unspecified atom stereocenters. The zero-order valence-corrected chi connectivity index (χ0v) is 13.7. The lowest BCUT2D eigenvalue weighted by Crippen LogP contribution is -2.27. The number of methoxy groups -OCH3 is 1. The Morgan fingerprint density at radius 3 is 2.43 bits per heavy atom. The highest BCUT2D eigenvalue weighted by molar-refractivity contribution is 7.98. The molecule has 0 bridgehead atoms. The third-order valence-electron chi connectivity index (χ3n) is 5.39. The molecule has 0 spiro atoms. The molecule has 2 nitrogen and oxygen atoms in total. The number of ether oxygens (including phenoxy) is 1. The van der Waals surface area contributed by atoms with Crippen molar-refractivity contribution in [2.24, 2.45) is 11.8 Å². The van der Waals surface area contributed by atoms with Gasteiger partial charge in [0, 0.05) is 4.90 Å². The molecule has 21 heavy (non-hydrogen) atoms. The van der Waals surface area contributed by atoms with Crippen LogP contribution in [0, 0.1) is 11.8 Å². The van der Waals surface area contributed by atoms with Crippen molar-refractivity contribution in [1.82, 2.24) is 0 Å². The first-order chi connectivity index (χ1) is 10.2. The molecule has 114 valence electrons. The van der Waals surface area contributed by atoms with Crippen LogP contribution in [0.25, 0.3) is 0 Å². The van der Waals surface area contributed by atoms with E-state index in [0.717, 1.165) is 12.0 Å². The Kier molecular flexibility index (Phi) is 4.30. The zero-order valence-electron chi connectivity index (χ0n) is 12.9. The smallest absolute Gasteiger partial charge is 0.316 e. The molecule has 0 N–H and O–H groups in total. The van der Waals surface area contributed by atoms with Crippen molar-refractivity contribution < 1.29 is 9.53 Å². The van der Waals surface area contributed by atoms with Crippen molar-refractivity contribution >= 4 is 17.7 Å². The van der Waals surface area contributed by atoms with E-state index in [2.05, 4.69) is 30.5 Å². The van der Waals surface area contributed by atoms with Gasteiger partial charge in [0.15, 0.2) is 0 Å². The highest BCUT2D eigenvalue weighted by Crippen LogP contribution is 2.61. The number of hydrogen-bond donors (Lipinski definition) is 0. The number of carbonyl (C=O) groups is 1. The summed E-state index contributed by atoms with van der Waals surface area (Å²) in [6.07, 6.45) is 9.62. The number of hydrogen-bond acceptors (Lipinski definition) is 3. The molecule has 1 aromatic carbocycles. The molecule has 2 aliphatic rings. The molecule has 0 aliphatic heterocycles. The fourth-order valence-electron chi connectivity index (χ4n) is 4.15. The van der Waals surface area contributed by atoms with Crippen LogP contribution in [0.4, 0.5) is 0 Å². The van der Waals surface area contributed by atoms with Gasteiger partial charge in [-0.1, -0.05) is 44.2 Å². The summed E-state index contributed by atoms with van der Waals surface area (Å²) in [5, 5.41) is 0. The average Bonchev–Trinajstić information content (AvgIpc) is 3.32. The summed E-state index contributed by atoms with van der Waals surface area (Å²) < 4.78 is 5.17. The molecule has 0 aromatic heterocycles. The second kappa shape index (κ2) is 6.04. The Labute approximate surface area is 131 Å². The van der Waals surface area contributed by atoms with E-state index in [0.29, 0.717) is 11.8 Å². The first kappa shape index (κ1) is 15.0. The monoisotopic (exact) mass is 304 g/mol. The average molecular weight is 304 g/mol. The van der Waals surface area contributed by atoms with Crippen molar-refractivity contribution in [3.8, 4) is 0 Å². The van der Waals surface area contributed by atoms with Crippen molar-refractivity contribution in [3.63, 3.8) is 0 Å². The predicted molar refractivity (Wildman–Crippen MR) is 86.6 cm³/mol. The topological polar surface area (TPSA) is 26.3 Å². The molecule has 0 saturated heterocycles. The second-order valence-electron chi connectivity index (χ2n) is 6.40. The van der Waals surface area contributed by atoms with Crippen LogP contribution < -0.4 is 0 Å². The normalized spacial score (nSPS) is 29.1. The van der Waals surface area contributed by atoms with Gasteiger partial charge in [0.25, 0.3) is 0 Å². The fourth-order valence-corrected chi connectivity index (χ4v) is 4.56. The molecule has 3 rings (SSSR count). The van der Waals surface area contributed by atoms with E-state index >= 15 is 0 Å². The minimum Gasteiger partial charge on any atom is -0.468 e. The van der Waals surface area contributed by atoms with Crippen LogP contribution in [0.3, 0.4) is 0 Å². The van der Waals surface area contributed by atoms with Gasteiger partial charge in [-0.15, -0.1) is 11.8 Å². The van der Waals surface area contributed by atoms with Crippen molar-refractivity contribution in [2.45, 2.75) is 48.8 Å². The Morgan fingerprint density at radius 2 is 1.86 bits per heavy atom. The van der Waals surface area contributed by atoms with E-state index in [1.807, 2.05) is 0 Å². The predicted octanol–water partition coefficient (Wildman–Crippen LogP) is 4.42. The molecule has 0 heterocycles. The molecular weight excluding hydrogens is 280 g/mol. The number of rotatable bonds is 4. The zero-order chi connectivity index (χ0) is 14.9. The molecule has 2 saturated carbocycles. The molecule has 2 aliphatic carbocycles. The van der Waals surface area contributed by atoms with E-state index in [1.165, 1.54) is 44.1 Å². The van der Waals surface area contributed by atoms with Crippen LogP contribution in [-0.4, -0.2) is 19.3 Å². The van der Waals surface area contributed by atoms with Gasteiger partial charge in [0.1, 0.15) is 0 Å². The minimum absolute atomic E-state index is 0.0324. The molecule has 1 aromatic rings. The van der Waals surface area contributed by atoms with E-state index in [4.69, 9.17) is 4.74 Å². The van der Waals surface area contributed by atoms with Crippen molar-refractivity contribution in [3.05, 3.63) is 29.8 Å². The van der Waals surface area contributed by atoms with Gasteiger partial charge in [-0.25, -0.2) is 0 Å². The van der Waals surface area contributed by atoms with E-state index < -0.39 is 0 Å². The second-order valence-corrected chi connectivity index (χ2v) is 7.28. The number of carbonyl (C=O) groups excluding carboxylic acids is 1. The fraction of sp³-hybridized carbons (Fsp3) is 0.611. The summed E-state index contributed by atoms with van der Waals surface area (Å²) in [4.78, 5) is 13.7. The van der Waals surface area contributed by atoms with E-state index in [1.54, 1.807) is 11.8 Å². The number of thioether (sulfide) groups is 1. The molecule has 2 atom stereocenters. The van der Waals surface area contributed by atoms with Gasteiger partial charge >= 0.3 is 5.97 Å². The van der Waals surface area contributed by atoms with Crippen LogP contribution in [0.2, 0.25) is 0 Å². The third kappa shape index (κ3) is 2.61. The molecule has 0 radical (unpaired) electrons. The molecule has 2 fully saturated rings. The quantitative estimate of drug-likeness (QED) is 0.608. The summed E-state index contributed by atoms with van der Waals surface area (Å²) >= 11 is 1.74. The largest absolute Gasteiger partial charge is 0.468 e. The third-order valence-corrected chi connectivity index (χ3v) is 6.13. The van der Waals surface area contributed by atoms with Gasteiger partial charge in [-0.3, -0.25) is 4.79 Å². The Bertz CT molecular complexity index is 504. The van der Waals surface area contributed by atoms with Gasteiger partial charge in [-0.05, 0) is 42.2 Å². The van der Waals surface area contributed by atoms with Gasteiger partial charge in [-0.2, -0.15) is 0 Å². The van der Waals surface area contributed by atoms with Gasteiger partial charge in [0.05, 0.1) is 12.5 Å². The van der Waals surface area contributed by atoms with Crippen LogP contribution in [-0.2, 0) is 14.9 Å². The standard InChI is InChI=1S/C18H24O2S/c1-20-17(19)18(14-8-10-15(21-2)11-9-14)12-16(18)13-6-4-3-5-7-13/h8-11,13,16H,3-7,12H2,1-2H3. The maximum atomic E-state index is 12.5. The highest BCUT2D eigenvalue weighted by atomic mass is 32.2. The summed E-state index contributed by atoms with van der Waals surface area (Å²) in [5.41, 5.74) is 0.802. The first-order valence-electron chi connectivity index (χ1n) is 7.95. The summed E-state index contributed by atoms with van der Waals surface area (Å²) in [6.45, 7) is 0. The lowest BCUT2D eigenvalue weighted by molar-refractivity contribution is -0.144. The lowest BCUT2D eigenvalue weighted by atomic mass is 9.80. The summed E-state index contributed by atoms with van der Waals surface area (Å²) in [6, 6.07) is 8.51. The van der Waals surface area contributed by atoms with Crippen LogP contribution in [0.5, 0.6) is 0 Å². The summed E-state index contributed by atoms with van der Waals surface area (Å²) in [7, 11) is 1.52.